The van der Waals surface area contributed by atoms with Crippen LogP contribution in [0.1, 0.15) is 25.7 Å². The van der Waals surface area contributed by atoms with Crippen LogP contribution in [0.4, 0.5) is 0 Å². The number of likely N-dealkylation sites (tertiary alicyclic amines) is 1. The first-order valence-corrected chi connectivity index (χ1v) is 6.68. The normalized spacial score (nSPS) is 29.6. The molecule has 0 saturated carbocycles. The fraction of sp³-hybridized carbons (Fsp3) is 0.917. The van der Waals surface area contributed by atoms with Crippen LogP contribution in [0.15, 0.2) is 0 Å². The van der Waals surface area contributed by atoms with Crippen LogP contribution in [-0.2, 0) is 4.79 Å². The summed E-state index contributed by atoms with van der Waals surface area (Å²) in [4.78, 5) is 14.3. The third-order valence-corrected chi connectivity index (χ3v) is 3.69. The molecule has 0 spiro atoms. The Morgan fingerprint density at radius 2 is 2.29 bits per heavy atom. The first kappa shape index (κ1) is 12.8. The minimum Gasteiger partial charge on any atom is -0.396 e. The van der Waals surface area contributed by atoms with Gasteiger partial charge in [0, 0.05) is 38.8 Å². The Morgan fingerprint density at radius 3 is 3.00 bits per heavy atom. The van der Waals surface area contributed by atoms with Crippen molar-refractivity contribution in [2.75, 3.05) is 32.8 Å². The van der Waals surface area contributed by atoms with Gasteiger partial charge in [0.25, 0.3) is 0 Å². The molecule has 2 atom stereocenters. The summed E-state index contributed by atoms with van der Waals surface area (Å²) in [6, 6.07) is 0.289. The van der Waals surface area contributed by atoms with E-state index in [0.29, 0.717) is 6.04 Å². The van der Waals surface area contributed by atoms with Crippen LogP contribution in [0.2, 0.25) is 0 Å². The predicted octanol–water partition coefficient (Wildman–Crippen LogP) is -0.689. The predicted molar refractivity (Wildman–Crippen MR) is 65.7 cm³/mol. The van der Waals surface area contributed by atoms with E-state index in [2.05, 4.69) is 10.6 Å². The van der Waals surface area contributed by atoms with Crippen molar-refractivity contribution in [2.24, 2.45) is 0 Å². The highest BCUT2D eigenvalue weighted by Gasteiger charge is 2.32. The van der Waals surface area contributed by atoms with Crippen LogP contribution in [-0.4, -0.2) is 60.8 Å². The zero-order valence-corrected chi connectivity index (χ0v) is 10.3. The van der Waals surface area contributed by atoms with E-state index in [4.69, 9.17) is 5.11 Å². The van der Waals surface area contributed by atoms with Gasteiger partial charge in [-0.1, -0.05) is 0 Å². The van der Waals surface area contributed by atoms with Crippen LogP contribution in [0.5, 0.6) is 0 Å². The monoisotopic (exact) mass is 241 g/mol. The number of hydrogen-bond donors (Lipinski definition) is 3. The van der Waals surface area contributed by atoms with Gasteiger partial charge in [-0.15, -0.1) is 0 Å². The SMILES string of the molecule is O=C(C1CNCCN1)N1CCCC1CCCO. The lowest BCUT2D eigenvalue weighted by Gasteiger charge is -2.31. The van der Waals surface area contributed by atoms with Crippen molar-refractivity contribution < 1.29 is 9.90 Å². The molecule has 0 aromatic rings. The summed E-state index contributed by atoms with van der Waals surface area (Å²) in [5.41, 5.74) is 0. The molecule has 5 nitrogen and oxygen atoms in total. The summed E-state index contributed by atoms with van der Waals surface area (Å²) in [5, 5.41) is 15.4. The van der Waals surface area contributed by atoms with Gasteiger partial charge in [-0.3, -0.25) is 4.79 Å². The first-order chi connectivity index (χ1) is 8.33. The number of piperazine rings is 1. The van der Waals surface area contributed by atoms with E-state index >= 15 is 0 Å². The average Bonchev–Trinajstić information content (AvgIpc) is 2.84. The Labute approximate surface area is 103 Å². The van der Waals surface area contributed by atoms with Crippen molar-refractivity contribution >= 4 is 5.91 Å². The topological polar surface area (TPSA) is 64.6 Å². The molecule has 17 heavy (non-hydrogen) atoms. The number of aliphatic hydroxyl groups excluding tert-OH is 1. The molecule has 0 bridgehead atoms. The van der Waals surface area contributed by atoms with Crippen LogP contribution < -0.4 is 10.6 Å². The highest BCUT2D eigenvalue weighted by atomic mass is 16.3. The zero-order valence-electron chi connectivity index (χ0n) is 10.3. The number of carbonyl (C=O) groups excluding carboxylic acids is 1. The summed E-state index contributed by atoms with van der Waals surface area (Å²) < 4.78 is 0. The van der Waals surface area contributed by atoms with Crippen LogP contribution in [0.25, 0.3) is 0 Å². The molecule has 2 rings (SSSR count). The standard InChI is InChI=1S/C12H23N3O2/c16-8-2-4-10-3-1-7-15(10)12(17)11-9-13-5-6-14-11/h10-11,13-14,16H,1-9H2. The molecule has 0 aromatic heterocycles. The fourth-order valence-electron chi connectivity index (χ4n) is 2.78. The molecule has 2 aliphatic heterocycles. The van der Waals surface area contributed by atoms with E-state index in [9.17, 15) is 4.79 Å². The van der Waals surface area contributed by atoms with Crippen molar-refractivity contribution in [3.8, 4) is 0 Å². The number of nitrogens with zero attached hydrogens (tertiary/aromatic N) is 1. The molecule has 2 heterocycles. The lowest BCUT2D eigenvalue weighted by molar-refractivity contribution is -0.134. The van der Waals surface area contributed by atoms with Gasteiger partial charge in [0.1, 0.15) is 0 Å². The smallest absolute Gasteiger partial charge is 0.241 e. The van der Waals surface area contributed by atoms with E-state index in [1.807, 2.05) is 4.90 Å². The molecular formula is C12H23N3O2. The molecule has 5 heteroatoms. The fourth-order valence-corrected chi connectivity index (χ4v) is 2.78. The lowest BCUT2D eigenvalue weighted by Crippen LogP contribution is -2.57. The Morgan fingerprint density at radius 1 is 1.41 bits per heavy atom. The van der Waals surface area contributed by atoms with Gasteiger partial charge in [0.05, 0.1) is 6.04 Å². The minimum atomic E-state index is -0.0570. The Hall–Kier alpha value is -0.650. The van der Waals surface area contributed by atoms with Gasteiger partial charge in [0.15, 0.2) is 0 Å². The summed E-state index contributed by atoms with van der Waals surface area (Å²) in [6.45, 7) is 3.65. The molecule has 2 aliphatic rings. The van der Waals surface area contributed by atoms with Gasteiger partial charge in [-0.05, 0) is 25.7 Å². The Kier molecular flexibility index (Phi) is 4.76. The van der Waals surface area contributed by atoms with Gasteiger partial charge in [-0.2, -0.15) is 0 Å². The van der Waals surface area contributed by atoms with Crippen LogP contribution in [0.3, 0.4) is 0 Å². The second-order valence-electron chi connectivity index (χ2n) is 4.90. The molecule has 3 N–H and O–H groups in total. The molecule has 0 aromatic carbocycles. The highest BCUT2D eigenvalue weighted by Crippen LogP contribution is 2.22. The van der Waals surface area contributed by atoms with Crippen molar-refractivity contribution in [3.05, 3.63) is 0 Å². The number of amides is 1. The van der Waals surface area contributed by atoms with Crippen LogP contribution >= 0.6 is 0 Å². The Balaban J connectivity index is 1.88. The van der Waals surface area contributed by atoms with Gasteiger partial charge in [0.2, 0.25) is 5.91 Å². The highest BCUT2D eigenvalue weighted by molar-refractivity contribution is 5.82. The van der Waals surface area contributed by atoms with E-state index in [0.717, 1.165) is 51.9 Å². The van der Waals surface area contributed by atoms with Crippen LogP contribution in [0, 0.1) is 0 Å². The van der Waals surface area contributed by atoms with Crippen molar-refractivity contribution in [1.82, 2.24) is 15.5 Å². The van der Waals surface area contributed by atoms with E-state index in [1.54, 1.807) is 0 Å². The quantitative estimate of drug-likeness (QED) is 0.610. The average molecular weight is 241 g/mol. The summed E-state index contributed by atoms with van der Waals surface area (Å²) in [5.74, 6) is 0.234. The van der Waals surface area contributed by atoms with E-state index < -0.39 is 0 Å². The third-order valence-electron chi connectivity index (χ3n) is 3.69. The summed E-state index contributed by atoms with van der Waals surface area (Å²) in [7, 11) is 0. The minimum absolute atomic E-state index is 0.0570. The number of aliphatic hydroxyl groups is 1. The maximum Gasteiger partial charge on any atom is 0.241 e. The molecule has 98 valence electrons. The van der Waals surface area contributed by atoms with E-state index in [1.165, 1.54) is 0 Å². The molecule has 0 radical (unpaired) electrons. The molecular weight excluding hydrogens is 218 g/mol. The molecule has 0 aliphatic carbocycles. The molecule has 2 fully saturated rings. The Bertz CT molecular complexity index is 254. The van der Waals surface area contributed by atoms with Gasteiger partial charge < -0.3 is 20.6 Å². The molecule has 1 amide bonds. The third kappa shape index (κ3) is 3.18. The number of carbonyl (C=O) groups is 1. The van der Waals surface area contributed by atoms with Gasteiger partial charge >= 0.3 is 0 Å². The lowest BCUT2D eigenvalue weighted by atomic mass is 10.1. The molecule has 2 unspecified atom stereocenters. The van der Waals surface area contributed by atoms with Crippen molar-refractivity contribution in [3.63, 3.8) is 0 Å². The second kappa shape index (κ2) is 6.33. The van der Waals surface area contributed by atoms with Crippen molar-refractivity contribution in [2.45, 2.75) is 37.8 Å². The number of rotatable bonds is 4. The summed E-state index contributed by atoms with van der Waals surface area (Å²) in [6.07, 6.45) is 3.92. The number of nitrogens with one attached hydrogen (secondary N) is 2. The summed E-state index contributed by atoms with van der Waals surface area (Å²) >= 11 is 0. The number of hydrogen-bond acceptors (Lipinski definition) is 4. The first-order valence-electron chi connectivity index (χ1n) is 6.68. The largest absolute Gasteiger partial charge is 0.396 e. The second-order valence-corrected chi connectivity index (χ2v) is 4.90. The molecule has 2 saturated heterocycles. The zero-order chi connectivity index (χ0) is 12.1. The maximum absolute atomic E-state index is 12.3. The van der Waals surface area contributed by atoms with E-state index in [-0.39, 0.29) is 18.6 Å². The maximum atomic E-state index is 12.3. The van der Waals surface area contributed by atoms with Gasteiger partial charge in [-0.25, -0.2) is 0 Å². The van der Waals surface area contributed by atoms with Crippen molar-refractivity contribution in [1.29, 1.82) is 0 Å².